The van der Waals surface area contributed by atoms with Gasteiger partial charge in [0.15, 0.2) is 0 Å². The van der Waals surface area contributed by atoms with Gasteiger partial charge in [0.1, 0.15) is 23.9 Å². The molecule has 1 N–H and O–H groups in total. The van der Waals surface area contributed by atoms with E-state index < -0.39 is 0 Å². The first-order valence-electron chi connectivity index (χ1n) is 7.81. The molecule has 0 radical (unpaired) electrons. The maximum absolute atomic E-state index is 9.14. The molecule has 1 fully saturated rings. The molecule has 0 amide bonds. The van der Waals surface area contributed by atoms with Crippen molar-refractivity contribution in [3.05, 3.63) is 35.2 Å². The highest BCUT2D eigenvalue weighted by atomic mass is 16.5. The van der Waals surface area contributed by atoms with E-state index in [1.807, 2.05) is 24.6 Å². The van der Waals surface area contributed by atoms with Crippen LogP contribution >= 0.6 is 0 Å². The first-order chi connectivity index (χ1) is 11.1. The lowest BCUT2D eigenvalue weighted by Crippen LogP contribution is -2.32. The van der Waals surface area contributed by atoms with Gasteiger partial charge in [0.2, 0.25) is 0 Å². The molecule has 23 heavy (non-hydrogen) atoms. The average Bonchev–Trinajstić information content (AvgIpc) is 3.24. The number of H-pyrrole nitrogens is 1. The van der Waals surface area contributed by atoms with Crippen molar-refractivity contribution < 1.29 is 4.74 Å². The van der Waals surface area contributed by atoms with E-state index in [0.717, 1.165) is 37.6 Å². The lowest BCUT2D eigenvalue weighted by molar-refractivity contribution is 0.0710. The van der Waals surface area contributed by atoms with Crippen LogP contribution in [0, 0.1) is 18.3 Å². The smallest absolute Gasteiger partial charge is 0.137 e. The fourth-order valence-corrected chi connectivity index (χ4v) is 3.23. The molecule has 0 aromatic carbocycles. The van der Waals surface area contributed by atoms with Crippen LogP contribution in [-0.4, -0.2) is 51.0 Å². The molecule has 2 aromatic heterocycles. The van der Waals surface area contributed by atoms with E-state index in [2.05, 4.69) is 33.2 Å². The van der Waals surface area contributed by atoms with Crippen molar-refractivity contribution in [2.45, 2.75) is 31.9 Å². The van der Waals surface area contributed by atoms with Gasteiger partial charge in [-0.1, -0.05) is 0 Å². The average molecular weight is 314 g/mol. The Balaban J connectivity index is 1.65. The number of aromatic nitrogens is 4. The van der Waals surface area contributed by atoms with Crippen molar-refractivity contribution >= 4 is 0 Å². The van der Waals surface area contributed by atoms with E-state index in [9.17, 15) is 0 Å². The number of hydrogen-bond donors (Lipinski definition) is 1. The van der Waals surface area contributed by atoms with Crippen LogP contribution in [-0.2, 0) is 18.3 Å². The highest BCUT2D eigenvalue weighted by Crippen LogP contribution is 2.29. The summed E-state index contributed by atoms with van der Waals surface area (Å²) in [6.07, 6.45) is 2.63. The minimum absolute atomic E-state index is 0.118. The maximum atomic E-state index is 9.14. The molecule has 0 bridgehead atoms. The highest BCUT2D eigenvalue weighted by Gasteiger charge is 2.32. The zero-order valence-electron chi connectivity index (χ0n) is 13.8. The third-order valence-electron chi connectivity index (χ3n) is 4.68. The number of ether oxygens (including phenoxy) is 1. The summed E-state index contributed by atoms with van der Waals surface area (Å²) in [6, 6.07) is 4.20. The number of aromatic amines is 1. The summed E-state index contributed by atoms with van der Waals surface area (Å²) in [7, 11) is 4.01. The first-order valence-corrected chi connectivity index (χ1v) is 7.81. The largest absolute Gasteiger partial charge is 0.376 e. The monoisotopic (exact) mass is 314 g/mol. The van der Waals surface area contributed by atoms with Gasteiger partial charge in [-0.05, 0) is 32.0 Å². The fraction of sp³-hybridized carbons (Fsp3) is 0.562. The second kappa shape index (κ2) is 6.52. The van der Waals surface area contributed by atoms with Crippen LogP contribution in [0.15, 0.2) is 12.4 Å². The van der Waals surface area contributed by atoms with Crippen LogP contribution in [0.5, 0.6) is 0 Å². The Morgan fingerprint density at radius 3 is 3.04 bits per heavy atom. The van der Waals surface area contributed by atoms with Crippen LogP contribution in [0.2, 0.25) is 0 Å². The van der Waals surface area contributed by atoms with Gasteiger partial charge < -0.3 is 9.30 Å². The predicted octanol–water partition coefficient (Wildman–Crippen LogP) is 1.33. The second-order valence-electron chi connectivity index (χ2n) is 6.18. The summed E-state index contributed by atoms with van der Waals surface area (Å²) in [6.45, 7) is 4.42. The van der Waals surface area contributed by atoms with Crippen molar-refractivity contribution in [1.29, 1.82) is 5.26 Å². The van der Waals surface area contributed by atoms with Gasteiger partial charge >= 0.3 is 0 Å². The lowest BCUT2D eigenvalue weighted by Gasteiger charge is -2.23. The Bertz CT molecular complexity index is 699. The number of rotatable bonds is 5. The standard InChI is InChI=1S/C16H22N6O/c1-11-12(6-13(7-17)22(11)3)8-21(2)9-15-14(4-5-23-15)16-18-10-19-20-16/h6,10,14-15H,4-5,8-9H2,1-3H3,(H,18,19,20)/t14-,15-/m1/s1. The van der Waals surface area contributed by atoms with Crippen molar-refractivity contribution in [2.75, 3.05) is 20.2 Å². The van der Waals surface area contributed by atoms with Gasteiger partial charge in [-0.3, -0.25) is 10.00 Å². The number of likely N-dealkylation sites (N-methyl/N-ethyl adjacent to an activating group) is 1. The topological polar surface area (TPSA) is 82.8 Å². The molecule has 7 heteroatoms. The van der Waals surface area contributed by atoms with Gasteiger partial charge in [0.25, 0.3) is 0 Å². The van der Waals surface area contributed by atoms with Gasteiger partial charge in [0.05, 0.1) is 6.10 Å². The molecule has 1 aliphatic heterocycles. The zero-order chi connectivity index (χ0) is 16.4. The van der Waals surface area contributed by atoms with Crippen LogP contribution in [0.1, 0.15) is 35.1 Å². The Kier molecular flexibility index (Phi) is 4.46. The molecule has 2 atom stereocenters. The van der Waals surface area contributed by atoms with Crippen LogP contribution in [0.3, 0.4) is 0 Å². The van der Waals surface area contributed by atoms with Crippen LogP contribution in [0.25, 0.3) is 0 Å². The summed E-state index contributed by atoms with van der Waals surface area (Å²) in [5.74, 6) is 1.18. The van der Waals surface area contributed by atoms with Crippen molar-refractivity contribution in [2.24, 2.45) is 7.05 Å². The SMILES string of the molecule is Cc1c(CN(C)C[C@H]2OCC[C@H]2c2ncn[nH]2)cc(C#N)n1C. The Labute approximate surface area is 135 Å². The normalized spacial score (nSPS) is 21.0. The number of nitrogens with zero attached hydrogens (tertiary/aromatic N) is 5. The predicted molar refractivity (Wildman–Crippen MR) is 84.7 cm³/mol. The van der Waals surface area contributed by atoms with E-state index in [1.54, 1.807) is 6.33 Å². The van der Waals surface area contributed by atoms with E-state index in [0.29, 0.717) is 5.69 Å². The summed E-state index contributed by atoms with van der Waals surface area (Å²) >= 11 is 0. The molecule has 0 aliphatic carbocycles. The summed E-state index contributed by atoms with van der Waals surface area (Å²) in [5, 5.41) is 16.0. The first kappa shape index (κ1) is 15.7. The van der Waals surface area contributed by atoms with Gasteiger partial charge in [-0.2, -0.15) is 10.4 Å². The molecular weight excluding hydrogens is 292 g/mol. The summed E-state index contributed by atoms with van der Waals surface area (Å²) in [5.41, 5.74) is 3.01. The quantitative estimate of drug-likeness (QED) is 0.900. The molecular formula is C16H22N6O. The van der Waals surface area contributed by atoms with Crippen molar-refractivity contribution in [3.63, 3.8) is 0 Å². The molecule has 0 saturated carbocycles. The zero-order valence-corrected chi connectivity index (χ0v) is 13.8. The van der Waals surface area contributed by atoms with E-state index in [-0.39, 0.29) is 12.0 Å². The fourth-order valence-electron chi connectivity index (χ4n) is 3.23. The second-order valence-corrected chi connectivity index (χ2v) is 6.18. The third-order valence-corrected chi connectivity index (χ3v) is 4.68. The molecule has 7 nitrogen and oxygen atoms in total. The van der Waals surface area contributed by atoms with Crippen molar-refractivity contribution in [1.82, 2.24) is 24.6 Å². The highest BCUT2D eigenvalue weighted by molar-refractivity contribution is 5.34. The Morgan fingerprint density at radius 2 is 2.39 bits per heavy atom. The molecule has 1 aliphatic rings. The van der Waals surface area contributed by atoms with Gasteiger partial charge in [-0.25, -0.2) is 4.98 Å². The van der Waals surface area contributed by atoms with Gasteiger partial charge in [0, 0.05) is 38.4 Å². The summed E-state index contributed by atoms with van der Waals surface area (Å²) in [4.78, 5) is 6.51. The molecule has 0 spiro atoms. The molecule has 122 valence electrons. The van der Waals surface area contributed by atoms with E-state index in [1.165, 1.54) is 5.56 Å². The van der Waals surface area contributed by atoms with Crippen molar-refractivity contribution in [3.8, 4) is 6.07 Å². The minimum atomic E-state index is 0.118. The lowest BCUT2D eigenvalue weighted by atomic mass is 10.0. The third kappa shape index (κ3) is 3.14. The van der Waals surface area contributed by atoms with Crippen LogP contribution in [0.4, 0.5) is 0 Å². The summed E-state index contributed by atoms with van der Waals surface area (Å²) < 4.78 is 7.83. The maximum Gasteiger partial charge on any atom is 0.137 e. The molecule has 0 unspecified atom stereocenters. The number of nitriles is 1. The number of hydrogen-bond acceptors (Lipinski definition) is 5. The molecule has 3 rings (SSSR count). The Morgan fingerprint density at radius 1 is 1.57 bits per heavy atom. The minimum Gasteiger partial charge on any atom is -0.376 e. The Hall–Kier alpha value is -2.17. The molecule has 1 saturated heterocycles. The number of nitrogens with one attached hydrogen (secondary N) is 1. The molecule has 2 aromatic rings. The molecule has 3 heterocycles. The van der Waals surface area contributed by atoms with E-state index >= 15 is 0 Å². The van der Waals surface area contributed by atoms with E-state index in [4.69, 9.17) is 10.00 Å². The van der Waals surface area contributed by atoms with Crippen LogP contribution < -0.4 is 0 Å². The van der Waals surface area contributed by atoms with Gasteiger partial charge in [-0.15, -0.1) is 0 Å².